The van der Waals surface area contributed by atoms with Crippen LogP contribution in [0, 0.1) is 6.92 Å². The fourth-order valence-corrected chi connectivity index (χ4v) is 2.57. The number of aryl methyl sites for hydroxylation is 1. The molecule has 0 unspecified atom stereocenters. The van der Waals surface area contributed by atoms with Crippen molar-refractivity contribution in [1.29, 1.82) is 0 Å². The molecule has 5 heteroatoms. The molecule has 0 atom stereocenters. The number of nitrogens with zero attached hydrogens (tertiary/aromatic N) is 3. The Morgan fingerprint density at radius 3 is 2.84 bits per heavy atom. The summed E-state index contributed by atoms with van der Waals surface area (Å²) in [7, 11) is 0. The Hall–Kier alpha value is -2.27. The third-order valence-corrected chi connectivity index (χ3v) is 3.65. The highest BCUT2D eigenvalue weighted by Gasteiger charge is 2.14. The van der Waals surface area contributed by atoms with E-state index in [0.717, 1.165) is 22.5 Å². The summed E-state index contributed by atoms with van der Waals surface area (Å²) >= 11 is 1.47. The standard InChI is InChI=1S/C14H11N3OS/c1-10-4-2-3-5-12(10)17-8-11(9-18)13(16-17)14-15-6-7-19-14/h2-9H,1H3. The highest BCUT2D eigenvalue weighted by molar-refractivity contribution is 7.13. The number of carbonyl (C=O) groups excluding carboxylic acids is 1. The van der Waals surface area contributed by atoms with Crippen LogP contribution in [-0.2, 0) is 0 Å². The van der Waals surface area contributed by atoms with Crippen molar-refractivity contribution >= 4 is 17.6 Å². The molecule has 0 fully saturated rings. The summed E-state index contributed by atoms with van der Waals surface area (Å²) < 4.78 is 1.73. The maximum absolute atomic E-state index is 11.2. The van der Waals surface area contributed by atoms with Crippen molar-refractivity contribution in [3.63, 3.8) is 0 Å². The Morgan fingerprint density at radius 2 is 2.16 bits per heavy atom. The van der Waals surface area contributed by atoms with Gasteiger partial charge in [-0.25, -0.2) is 9.67 Å². The molecule has 3 rings (SSSR count). The second-order valence-corrected chi connectivity index (χ2v) is 5.01. The molecule has 1 aromatic carbocycles. The Labute approximate surface area is 114 Å². The van der Waals surface area contributed by atoms with Crippen LogP contribution in [-0.4, -0.2) is 21.1 Å². The van der Waals surface area contributed by atoms with Crippen molar-refractivity contribution < 1.29 is 4.79 Å². The number of thiazole rings is 1. The first kappa shape index (κ1) is 11.8. The highest BCUT2D eigenvalue weighted by atomic mass is 32.1. The largest absolute Gasteiger partial charge is 0.298 e. The fourth-order valence-electron chi connectivity index (χ4n) is 1.92. The van der Waals surface area contributed by atoms with Crippen LogP contribution in [0.25, 0.3) is 16.4 Å². The molecule has 0 bridgehead atoms. The maximum Gasteiger partial charge on any atom is 0.153 e. The molecule has 0 amide bonds. The van der Waals surface area contributed by atoms with Crippen molar-refractivity contribution in [1.82, 2.24) is 14.8 Å². The molecule has 0 saturated heterocycles. The van der Waals surface area contributed by atoms with Crippen LogP contribution >= 0.6 is 11.3 Å². The second-order valence-electron chi connectivity index (χ2n) is 4.12. The van der Waals surface area contributed by atoms with E-state index >= 15 is 0 Å². The molecule has 2 aromatic heterocycles. The molecule has 94 valence electrons. The lowest BCUT2D eigenvalue weighted by molar-refractivity contribution is 0.112. The predicted molar refractivity (Wildman–Crippen MR) is 74.8 cm³/mol. The molecule has 4 nitrogen and oxygen atoms in total. The number of hydrogen-bond acceptors (Lipinski definition) is 4. The summed E-state index contributed by atoms with van der Waals surface area (Å²) in [6.45, 7) is 2.01. The third kappa shape index (κ3) is 2.08. The third-order valence-electron chi connectivity index (χ3n) is 2.87. The summed E-state index contributed by atoms with van der Waals surface area (Å²) in [5.41, 5.74) is 3.26. The van der Waals surface area contributed by atoms with Gasteiger partial charge in [0, 0.05) is 17.8 Å². The van der Waals surface area contributed by atoms with Crippen LogP contribution in [0.3, 0.4) is 0 Å². The van der Waals surface area contributed by atoms with Crippen LogP contribution < -0.4 is 0 Å². The first-order chi connectivity index (χ1) is 9.29. The predicted octanol–water partition coefficient (Wildman–Crippen LogP) is 3.12. The molecule has 0 aliphatic heterocycles. The lowest BCUT2D eigenvalue weighted by atomic mass is 10.2. The number of rotatable bonds is 3. The normalized spacial score (nSPS) is 10.6. The number of para-hydroxylation sites is 1. The van der Waals surface area contributed by atoms with Gasteiger partial charge in [-0.2, -0.15) is 5.10 Å². The second kappa shape index (κ2) is 4.78. The number of carbonyl (C=O) groups is 1. The maximum atomic E-state index is 11.2. The van der Waals surface area contributed by atoms with Crippen LogP contribution in [0.5, 0.6) is 0 Å². The molecule has 2 heterocycles. The average Bonchev–Trinajstić information content (AvgIpc) is 3.08. The van der Waals surface area contributed by atoms with E-state index < -0.39 is 0 Å². The molecule has 19 heavy (non-hydrogen) atoms. The first-order valence-corrected chi connectivity index (χ1v) is 6.68. The van der Waals surface area contributed by atoms with Crippen molar-refractivity contribution in [2.75, 3.05) is 0 Å². The van der Waals surface area contributed by atoms with Gasteiger partial charge in [-0.15, -0.1) is 11.3 Å². The van der Waals surface area contributed by atoms with E-state index in [1.165, 1.54) is 11.3 Å². The van der Waals surface area contributed by atoms with Crippen LogP contribution in [0.15, 0.2) is 42.0 Å². The SMILES string of the molecule is Cc1ccccc1-n1cc(C=O)c(-c2nccs2)n1. The summed E-state index contributed by atoms with van der Waals surface area (Å²) in [6.07, 6.45) is 4.27. The molecule has 0 N–H and O–H groups in total. The topological polar surface area (TPSA) is 47.8 Å². The molecular weight excluding hydrogens is 258 g/mol. The van der Waals surface area contributed by atoms with Gasteiger partial charge in [-0.3, -0.25) is 4.79 Å². The highest BCUT2D eigenvalue weighted by Crippen LogP contribution is 2.25. The van der Waals surface area contributed by atoms with Gasteiger partial charge in [0.15, 0.2) is 6.29 Å². The fraction of sp³-hybridized carbons (Fsp3) is 0.0714. The van der Waals surface area contributed by atoms with Gasteiger partial charge < -0.3 is 0 Å². The zero-order valence-corrected chi connectivity index (χ0v) is 11.1. The lowest BCUT2D eigenvalue weighted by Gasteiger charge is -2.04. The van der Waals surface area contributed by atoms with E-state index in [2.05, 4.69) is 10.1 Å². The van der Waals surface area contributed by atoms with E-state index in [9.17, 15) is 4.79 Å². The van der Waals surface area contributed by atoms with Gasteiger partial charge in [0.05, 0.1) is 11.3 Å². The van der Waals surface area contributed by atoms with E-state index in [4.69, 9.17) is 0 Å². The van der Waals surface area contributed by atoms with Crippen molar-refractivity contribution in [2.45, 2.75) is 6.92 Å². The number of hydrogen-bond donors (Lipinski definition) is 0. The quantitative estimate of drug-likeness (QED) is 0.686. The first-order valence-electron chi connectivity index (χ1n) is 5.80. The molecule has 0 aliphatic carbocycles. The van der Waals surface area contributed by atoms with E-state index in [0.29, 0.717) is 11.3 Å². The number of aldehydes is 1. The van der Waals surface area contributed by atoms with Gasteiger partial charge in [0.1, 0.15) is 10.7 Å². The Balaban J connectivity index is 2.15. The van der Waals surface area contributed by atoms with Crippen LogP contribution in [0.1, 0.15) is 15.9 Å². The minimum absolute atomic E-state index is 0.554. The van der Waals surface area contributed by atoms with Gasteiger partial charge in [-0.1, -0.05) is 18.2 Å². The van der Waals surface area contributed by atoms with E-state index in [-0.39, 0.29) is 0 Å². The van der Waals surface area contributed by atoms with Crippen molar-refractivity contribution in [3.8, 4) is 16.4 Å². The molecule has 0 spiro atoms. The van der Waals surface area contributed by atoms with E-state index in [1.807, 2.05) is 36.6 Å². The summed E-state index contributed by atoms with van der Waals surface area (Å²) in [5.74, 6) is 0. The molecule has 3 aromatic rings. The average molecular weight is 269 g/mol. The molecule has 0 aliphatic rings. The molecule has 0 radical (unpaired) electrons. The van der Waals surface area contributed by atoms with Crippen molar-refractivity contribution in [2.24, 2.45) is 0 Å². The summed E-state index contributed by atoms with van der Waals surface area (Å²) in [5, 5.41) is 7.12. The Bertz CT molecular complexity index is 716. The minimum atomic E-state index is 0.554. The van der Waals surface area contributed by atoms with E-state index in [1.54, 1.807) is 17.1 Å². The minimum Gasteiger partial charge on any atom is -0.298 e. The molecule has 0 saturated carbocycles. The van der Waals surface area contributed by atoms with Gasteiger partial charge in [0.25, 0.3) is 0 Å². The molecular formula is C14H11N3OS. The lowest BCUT2D eigenvalue weighted by Crippen LogP contribution is -1.97. The van der Waals surface area contributed by atoms with Crippen LogP contribution in [0.2, 0.25) is 0 Å². The van der Waals surface area contributed by atoms with Crippen molar-refractivity contribution in [3.05, 3.63) is 53.2 Å². The van der Waals surface area contributed by atoms with Crippen LogP contribution in [0.4, 0.5) is 0 Å². The van der Waals surface area contributed by atoms with Gasteiger partial charge in [0.2, 0.25) is 0 Å². The summed E-state index contributed by atoms with van der Waals surface area (Å²) in [6, 6.07) is 7.92. The van der Waals surface area contributed by atoms with Gasteiger partial charge in [-0.05, 0) is 18.6 Å². The Kier molecular flexibility index (Phi) is 2.97. The Morgan fingerprint density at radius 1 is 1.32 bits per heavy atom. The zero-order chi connectivity index (χ0) is 13.2. The zero-order valence-electron chi connectivity index (χ0n) is 10.3. The number of aromatic nitrogens is 3. The van der Waals surface area contributed by atoms with Gasteiger partial charge >= 0.3 is 0 Å². The monoisotopic (exact) mass is 269 g/mol. The number of benzene rings is 1. The summed E-state index contributed by atoms with van der Waals surface area (Å²) in [4.78, 5) is 15.4. The smallest absolute Gasteiger partial charge is 0.153 e.